The van der Waals surface area contributed by atoms with E-state index in [0.29, 0.717) is 0 Å². The number of benzene rings is 3. The second kappa shape index (κ2) is 11.8. The molecular weight excluding hydrogens is 454 g/mol. The molecule has 3 aromatic carbocycles. The summed E-state index contributed by atoms with van der Waals surface area (Å²) in [6.07, 6.45) is -0.0147. The molecule has 3 aromatic rings. The van der Waals surface area contributed by atoms with Crippen molar-refractivity contribution in [2.45, 2.75) is 19.3 Å². The molecule has 0 saturated heterocycles. The molecule has 0 fully saturated rings. The summed E-state index contributed by atoms with van der Waals surface area (Å²) >= 11 is -3.95. The van der Waals surface area contributed by atoms with Crippen molar-refractivity contribution in [3.05, 3.63) is 108 Å². The number of carbonyl (C=O) groups is 3. The Balaban J connectivity index is 1.62. The second-order valence-corrected chi connectivity index (χ2v) is 9.44. The van der Waals surface area contributed by atoms with Crippen molar-refractivity contribution in [3.8, 4) is 0 Å². The van der Waals surface area contributed by atoms with Gasteiger partial charge in [-0.05, 0) is 0 Å². The molecule has 0 aliphatic carbocycles. The van der Waals surface area contributed by atoms with Gasteiger partial charge >= 0.3 is 187 Å². The van der Waals surface area contributed by atoms with Gasteiger partial charge in [0.15, 0.2) is 0 Å². The first-order valence-electron chi connectivity index (χ1n) is 9.79. The molecule has 6 nitrogen and oxygen atoms in total. The minimum absolute atomic E-state index is 0.00490. The van der Waals surface area contributed by atoms with Gasteiger partial charge in [-0.1, -0.05) is 0 Å². The van der Waals surface area contributed by atoms with Gasteiger partial charge < -0.3 is 0 Å². The number of hydrogen-bond donors (Lipinski definition) is 0. The van der Waals surface area contributed by atoms with Crippen molar-refractivity contribution in [3.63, 3.8) is 0 Å². The van der Waals surface area contributed by atoms with Crippen LogP contribution in [0.4, 0.5) is 0 Å². The van der Waals surface area contributed by atoms with Crippen molar-refractivity contribution >= 4 is 35.2 Å². The average Bonchev–Trinajstić information content (AvgIpc) is 2.75. The van der Waals surface area contributed by atoms with Crippen LogP contribution in [0.1, 0.15) is 16.7 Å². The molecule has 156 valence electrons. The van der Waals surface area contributed by atoms with Crippen LogP contribution < -0.4 is 0 Å². The van der Waals surface area contributed by atoms with Crippen LogP contribution >= 0.6 is 0 Å². The first-order chi connectivity index (χ1) is 15.1. The van der Waals surface area contributed by atoms with E-state index in [1.807, 2.05) is 18.2 Å². The molecule has 0 aromatic heterocycles. The third-order valence-electron chi connectivity index (χ3n) is 4.26. The van der Waals surface area contributed by atoms with Crippen LogP contribution in [0.5, 0.6) is 0 Å². The summed E-state index contributed by atoms with van der Waals surface area (Å²) in [5.74, 6) is -1.80. The Morgan fingerprint density at radius 3 is 1.00 bits per heavy atom. The fourth-order valence-electron chi connectivity index (χ4n) is 2.81. The van der Waals surface area contributed by atoms with Gasteiger partial charge in [0.25, 0.3) is 0 Å². The monoisotopic (exact) mass is 474 g/mol. The van der Waals surface area contributed by atoms with Gasteiger partial charge in [0.1, 0.15) is 0 Å². The number of rotatable bonds is 9. The summed E-state index contributed by atoms with van der Waals surface area (Å²) in [5, 5.41) is 0. The molecule has 31 heavy (non-hydrogen) atoms. The summed E-state index contributed by atoms with van der Waals surface area (Å²) in [6, 6.07) is 27.1. The fraction of sp³-hybridized carbons (Fsp3) is 0.125. The van der Waals surface area contributed by atoms with Crippen LogP contribution in [0, 0.1) is 0 Å². The molecule has 3 rings (SSSR count). The summed E-state index contributed by atoms with van der Waals surface area (Å²) < 4.78 is 16.0. The molecule has 0 heterocycles. The van der Waals surface area contributed by atoms with E-state index < -0.39 is 35.2 Å². The molecule has 0 radical (unpaired) electrons. The third kappa shape index (κ3) is 8.16. The topological polar surface area (TPSA) is 78.9 Å². The van der Waals surface area contributed by atoms with Gasteiger partial charge in [0.05, 0.1) is 0 Å². The Hall–Kier alpha value is -3.29. The Morgan fingerprint density at radius 2 is 0.742 bits per heavy atom. The van der Waals surface area contributed by atoms with Gasteiger partial charge in [0, 0.05) is 0 Å². The molecule has 0 N–H and O–H groups in total. The van der Waals surface area contributed by atoms with E-state index >= 15 is 0 Å². The van der Waals surface area contributed by atoms with E-state index in [2.05, 4.69) is 0 Å². The van der Waals surface area contributed by atoms with Crippen LogP contribution in [0.2, 0.25) is 0 Å². The van der Waals surface area contributed by atoms with E-state index in [1.54, 1.807) is 72.8 Å². The van der Waals surface area contributed by atoms with Crippen LogP contribution in [-0.4, -0.2) is 35.2 Å². The van der Waals surface area contributed by atoms with Gasteiger partial charge in [-0.3, -0.25) is 0 Å². The van der Waals surface area contributed by atoms with Crippen molar-refractivity contribution < 1.29 is 25.0 Å². The third-order valence-corrected chi connectivity index (χ3v) is 7.12. The van der Waals surface area contributed by atoms with Crippen molar-refractivity contribution in [1.82, 2.24) is 0 Å². The maximum absolute atomic E-state index is 12.3. The summed E-state index contributed by atoms with van der Waals surface area (Å²) in [7, 11) is 0. The zero-order valence-electron chi connectivity index (χ0n) is 16.8. The van der Waals surface area contributed by atoms with Crippen LogP contribution in [0.3, 0.4) is 0 Å². The SMILES string of the molecule is O=C(Cc1ccccc1)[O][Ga]([O]C(=O)Cc1ccccc1)[O]C(=O)Cc1ccccc1. The second-order valence-electron chi connectivity index (χ2n) is 6.75. The summed E-state index contributed by atoms with van der Waals surface area (Å²) in [5.41, 5.74) is 2.25. The number of carbonyl (C=O) groups excluding carboxylic acids is 3. The molecule has 0 unspecified atom stereocenters. The van der Waals surface area contributed by atoms with Crippen LogP contribution in [-0.2, 0) is 44.2 Å². The molecule has 0 aliphatic rings. The minimum atomic E-state index is -3.95. The number of hydrogen-bond acceptors (Lipinski definition) is 6. The zero-order chi connectivity index (χ0) is 21.9. The van der Waals surface area contributed by atoms with Gasteiger partial charge in [0.2, 0.25) is 0 Å². The summed E-state index contributed by atoms with van der Waals surface area (Å²) in [4.78, 5) is 37.0. The van der Waals surface area contributed by atoms with Crippen molar-refractivity contribution in [2.75, 3.05) is 0 Å². The molecule has 0 atom stereocenters. The van der Waals surface area contributed by atoms with Gasteiger partial charge in [-0.25, -0.2) is 0 Å². The predicted molar refractivity (Wildman–Crippen MR) is 114 cm³/mol. The standard InChI is InChI=1S/3C8H8O2.Ga/c3*9-8(10)6-7-4-2-1-3-5-7;/h3*1-5H,6H2,(H,9,10);/q;;;+3/p-3. The van der Waals surface area contributed by atoms with Crippen molar-refractivity contribution in [1.29, 1.82) is 0 Å². The fourth-order valence-corrected chi connectivity index (χ4v) is 4.99. The van der Waals surface area contributed by atoms with E-state index in [4.69, 9.17) is 10.6 Å². The average molecular weight is 475 g/mol. The molecule has 0 bridgehead atoms. The van der Waals surface area contributed by atoms with Crippen LogP contribution in [0.25, 0.3) is 0 Å². The van der Waals surface area contributed by atoms with Crippen LogP contribution in [0.15, 0.2) is 91.0 Å². The molecule has 0 spiro atoms. The van der Waals surface area contributed by atoms with Crippen molar-refractivity contribution in [2.24, 2.45) is 0 Å². The first kappa shape index (κ1) is 22.4. The Morgan fingerprint density at radius 1 is 0.484 bits per heavy atom. The molecule has 0 amide bonds. The summed E-state index contributed by atoms with van der Waals surface area (Å²) in [6.45, 7) is 0. The van der Waals surface area contributed by atoms with Gasteiger partial charge in [-0.15, -0.1) is 0 Å². The molecule has 0 aliphatic heterocycles. The molecular formula is C24H21GaO6. The first-order valence-corrected chi connectivity index (χ1v) is 12.8. The quantitative estimate of drug-likeness (QED) is 0.442. The van der Waals surface area contributed by atoms with E-state index in [-0.39, 0.29) is 19.3 Å². The Kier molecular flexibility index (Phi) is 8.51. The normalized spacial score (nSPS) is 10.1. The van der Waals surface area contributed by atoms with E-state index in [0.717, 1.165) is 16.7 Å². The zero-order valence-corrected chi connectivity index (χ0v) is 19.2. The predicted octanol–water partition coefficient (Wildman–Crippen LogP) is 3.33. The molecule has 7 heteroatoms. The van der Waals surface area contributed by atoms with E-state index in [9.17, 15) is 14.4 Å². The maximum atomic E-state index is 12.3. The van der Waals surface area contributed by atoms with E-state index in [1.165, 1.54) is 0 Å². The van der Waals surface area contributed by atoms with Gasteiger partial charge in [-0.2, -0.15) is 0 Å². The molecule has 0 saturated carbocycles. The Labute approximate surface area is 187 Å². The Bertz CT molecular complexity index is 860.